The van der Waals surface area contributed by atoms with E-state index in [-0.39, 0.29) is 11.3 Å². The number of carbonyl (C=O) groups excluding carboxylic acids is 1. The Bertz CT molecular complexity index is 594. The van der Waals surface area contributed by atoms with Crippen LogP contribution in [-0.2, 0) is 11.3 Å². The maximum atomic E-state index is 12.6. The summed E-state index contributed by atoms with van der Waals surface area (Å²) in [5, 5.41) is 7.32. The van der Waals surface area contributed by atoms with Gasteiger partial charge in [0.25, 0.3) is 0 Å². The molecule has 1 aliphatic carbocycles. The molecule has 0 aromatic heterocycles. The Morgan fingerprint density at radius 2 is 1.92 bits per heavy atom. The molecule has 1 aromatic rings. The Hall–Kier alpha value is -1.75. The van der Waals surface area contributed by atoms with Crippen molar-refractivity contribution in [2.75, 3.05) is 27.7 Å². The number of aliphatic imine (C=N–C) groups is 1. The van der Waals surface area contributed by atoms with Crippen molar-refractivity contribution in [1.82, 2.24) is 15.5 Å². The van der Waals surface area contributed by atoms with Crippen molar-refractivity contribution < 1.29 is 4.79 Å². The van der Waals surface area contributed by atoms with E-state index in [9.17, 15) is 4.79 Å². The summed E-state index contributed by atoms with van der Waals surface area (Å²) in [6.45, 7) is 1.19. The molecule has 0 atom stereocenters. The molecule has 2 rings (SSSR count). The van der Waals surface area contributed by atoms with E-state index in [1.165, 1.54) is 0 Å². The van der Waals surface area contributed by atoms with Crippen LogP contribution in [0, 0.1) is 5.41 Å². The quantitative estimate of drug-likeness (QED) is 0.634. The number of carbonyl (C=O) groups is 1. The maximum absolute atomic E-state index is 12.6. The van der Waals surface area contributed by atoms with Crippen LogP contribution in [0.25, 0.3) is 0 Å². The molecule has 5 nitrogen and oxygen atoms in total. The molecule has 1 fully saturated rings. The molecule has 0 radical (unpaired) electrons. The molecule has 0 aliphatic heterocycles. The van der Waals surface area contributed by atoms with Crippen LogP contribution in [0.5, 0.6) is 0 Å². The summed E-state index contributed by atoms with van der Waals surface area (Å²) in [5.41, 5.74) is 0.702. The highest BCUT2D eigenvalue weighted by molar-refractivity contribution is 6.31. The fourth-order valence-corrected chi connectivity index (χ4v) is 3.49. The molecule has 0 bridgehead atoms. The van der Waals surface area contributed by atoms with E-state index in [1.807, 2.05) is 38.4 Å². The Morgan fingerprint density at radius 3 is 2.50 bits per heavy atom. The van der Waals surface area contributed by atoms with Crippen LogP contribution in [-0.4, -0.2) is 44.5 Å². The fraction of sp³-hybridized carbons (Fsp3) is 0.556. The average Bonchev–Trinajstić information content (AvgIpc) is 3.05. The first-order valence-electron chi connectivity index (χ1n) is 8.38. The second kappa shape index (κ2) is 8.38. The van der Waals surface area contributed by atoms with E-state index in [0.717, 1.165) is 36.3 Å². The zero-order valence-corrected chi connectivity index (χ0v) is 15.5. The van der Waals surface area contributed by atoms with Gasteiger partial charge in [0.2, 0.25) is 5.91 Å². The van der Waals surface area contributed by atoms with Gasteiger partial charge in [-0.2, -0.15) is 0 Å². The summed E-state index contributed by atoms with van der Waals surface area (Å²) < 4.78 is 0. The predicted octanol–water partition coefficient (Wildman–Crippen LogP) is 2.65. The summed E-state index contributed by atoms with van der Waals surface area (Å²) in [6, 6.07) is 7.73. The first-order valence-corrected chi connectivity index (χ1v) is 8.76. The van der Waals surface area contributed by atoms with Crippen molar-refractivity contribution >= 4 is 23.5 Å². The van der Waals surface area contributed by atoms with Crippen LogP contribution in [0.3, 0.4) is 0 Å². The second-order valence-electron chi connectivity index (χ2n) is 6.56. The number of hydrogen-bond acceptors (Lipinski definition) is 2. The van der Waals surface area contributed by atoms with Crippen LogP contribution >= 0.6 is 11.6 Å². The number of rotatable bonds is 5. The highest BCUT2D eigenvalue weighted by Crippen LogP contribution is 2.38. The lowest BCUT2D eigenvalue weighted by atomic mass is 9.84. The molecule has 0 unspecified atom stereocenters. The molecule has 1 amide bonds. The third kappa shape index (κ3) is 4.41. The number of nitrogens with one attached hydrogen (secondary N) is 2. The summed E-state index contributed by atoms with van der Waals surface area (Å²) in [5.74, 6) is 0.891. The van der Waals surface area contributed by atoms with E-state index in [2.05, 4.69) is 15.6 Å². The van der Waals surface area contributed by atoms with Crippen LogP contribution < -0.4 is 10.6 Å². The van der Waals surface area contributed by atoms with Crippen molar-refractivity contribution in [2.24, 2.45) is 10.4 Å². The van der Waals surface area contributed by atoms with Gasteiger partial charge in [-0.1, -0.05) is 42.6 Å². The van der Waals surface area contributed by atoms with E-state index >= 15 is 0 Å². The van der Waals surface area contributed by atoms with Crippen LogP contribution in [0.1, 0.15) is 31.2 Å². The van der Waals surface area contributed by atoms with Crippen molar-refractivity contribution in [3.8, 4) is 0 Å². The van der Waals surface area contributed by atoms with Gasteiger partial charge in [-0.15, -0.1) is 0 Å². The monoisotopic (exact) mass is 350 g/mol. The van der Waals surface area contributed by atoms with Gasteiger partial charge in [0.1, 0.15) is 0 Å². The SMILES string of the molecule is CN=C(NCc1ccccc1Cl)NCC1(C(=O)N(C)C)CCCC1. The van der Waals surface area contributed by atoms with Crippen LogP contribution in [0.4, 0.5) is 0 Å². The molecule has 1 saturated carbocycles. The first-order chi connectivity index (χ1) is 11.5. The molecule has 1 aromatic carbocycles. The number of guanidine groups is 1. The number of hydrogen-bond donors (Lipinski definition) is 2. The van der Waals surface area contributed by atoms with Crippen molar-refractivity contribution in [1.29, 1.82) is 0 Å². The molecule has 6 heteroatoms. The first kappa shape index (κ1) is 18.6. The van der Waals surface area contributed by atoms with E-state index in [4.69, 9.17) is 11.6 Å². The number of halogens is 1. The van der Waals surface area contributed by atoms with E-state index in [1.54, 1.807) is 11.9 Å². The largest absolute Gasteiger partial charge is 0.355 e. The predicted molar refractivity (Wildman–Crippen MR) is 99.2 cm³/mol. The smallest absolute Gasteiger partial charge is 0.230 e. The number of nitrogens with zero attached hydrogens (tertiary/aromatic N) is 2. The molecule has 132 valence electrons. The number of amides is 1. The zero-order valence-electron chi connectivity index (χ0n) is 14.7. The van der Waals surface area contributed by atoms with Gasteiger partial charge < -0.3 is 15.5 Å². The molecule has 0 spiro atoms. The Kier molecular flexibility index (Phi) is 6.49. The van der Waals surface area contributed by atoms with Gasteiger partial charge in [0.05, 0.1) is 5.41 Å². The minimum Gasteiger partial charge on any atom is -0.355 e. The summed E-state index contributed by atoms with van der Waals surface area (Å²) in [6.07, 6.45) is 4.07. The van der Waals surface area contributed by atoms with E-state index in [0.29, 0.717) is 19.0 Å². The van der Waals surface area contributed by atoms with Crippen molar-refractivity contribution in [2.45, 2.75) is 32.2 Å². The summed E-state index contributed by atoms with van der Waals surface area (Å²) in [4.78, 5) is 18.6. The maximum Gasteiger partial charge on any atom is 0.230 e. The lowest BCUT2D eigenvalue weighted by Crippen LogP contribution is -2.49. The molecular weight excluding hydrogens is 324 g/mol. The van der Waals surface area contributed by atoms with Crippen LogP contribution in [0.2, 0.25) is 5.02 Å². The fourth-order valence-electron chi connectivity index (χ4n) is 3.29. The zero-order chi connectivity index (χ0) is 17.6. The van der Waals surface area contributed by atoms with Gasteiger partial charge in [0.15, 0.2) is 5.96 Å². The van der Waals surface area contributed by atoms with Gasteiger partial charge in [-0.3, -0.25) is 9.79 Å². The third-order valence-corrected chi connectivity index (χ3v) is 5.01. The highest BCUT2D eigenvalue weighted by atomic mass is 35.5. The minimum absolute atomic E-state index is 0.203. The van der Waals surface area contributed by atoms with Gasteiger partial charge in [-0.25, -0.2) is 0 Å². The number of benzene rings is 1. The minimum atomic E-state index is -0.314. The molecule has 24 heavy (non-hydrogen) atoms. The Morgan fingerprint density at radius 1 is 1.25 bits per heavy atom. The van der Waals surface area contributed by atoms with Gasteiger partial charge >= 0.3 is 0 Å². The average molecular weight is 351 g/mol. The lowest BCUT2D eigenvalue weighted by Gasteiger charge is -2.31. The molecule has 1 aliphatic rings. The molecule has 0 heterocycles. The van der Waals surface area contributed by atoms with Crippen molar-refractivity contribution in [3.63, 3.8) is 0 Å². The van der Waals surface area contributed by atoms with Crippen molar-refractivity contribution in [3.05, 3.63) is 34.9 Å². The summed E-state index contributed by atoms with van der Waals surface area (Å²) >= 11 is 6.18. The second-order valence-corrected chi connectivity index (χ2v) is 6.96. The van der Waals surface area contributed by atoms with Gasteiger partial charge in [-0.05, 0) is 24.5 Å². The Labute approximate surface area is 149 Å². The van der Waals surface area contributed by atoms with E-state index < -0.39 is 0 Å². The molecule has 0 saturated heterocycles. The lowest BCUT2D eigenvalue weighted by molar-refractivity contribution is -0.138. The normalized spacial score (nSPS) is 16.8. The topological polar surface area (TPSA) is 56.7 Å². The molecule has 2 N–H and O–H groups in total. The molecular formula is C18H27ClN4O. The van der Waals surface area contributed by atoms with Crippen LogP contribution in [0.15, 0.2) is 29.3 Å². The Balaban J connectivity index is 1.95. The third-order valence-electron chi connectivity index (χ3n) is 4.64. The van der Waals surface area contributed by atoms with Gasteiger partial charge in [0, 0.05) is 39.3 Å². The summed E-state index contributed by atoms with van der Waals surface area (Å²) in [7, 11) is 5.39. The highest BCUT2D eigenvalue weighted by Gasteiger charge is 2.42. The standard InChI is InChI=1S/C18H27ClN4O/c1-20-17(21-12-14-8-4-5-9-15(14)19)22-13-18(10-6-7-11-18)16(24)23(2)3/h4-5,8-9H,6-7,10-13H2,1-3H3,(H2,20,21,22).